The minimum atomic E-state index is 0.105. The largest absolute Gasteiger partial charge is 0.354 e. The van der Waals surface area contributed by atoms with Crippen molar-refractivity contribution in [3.05, 3.63) is 65.2 Å². The summed E-state index contributed by atoms with van der Waals surface area (Å²) in [7, 11) is 0. The minimum absolute atomic E-state index is 0.105. The lowest BCUT2D eigenvalue weighted by Gasteiger charge is -2.37. The lowest BCUT2D eigenvalue weighted by Crippen LogP contribution is -2.47. The highest BCUT2D eigenvalue weighted by atomic mass is 16.5. The number of hydrogen-bond acceptors (Lipinski definition) is 7. The molecule has 0 radical (unpaired) electrons. The molecular weight excluding hydrogens is 352 g/mol. The predicted octanol–water partition coefficient (Wildman–Crippen LogP) is 2.95. The summed E-state index contributed by atoms with van der Waals surface area (Å²) in [6, 6.07) is 12.4. The van der Waals surface area contributed by atoms with E-state index in [1.807, 2.05) is 32.0 Å². The van der Waals surface area contributed by atoms with Gasteiger partial charge in [0, 0.05) is 44.4 Å². The van der Waals surface area contributed by atoms with Crippen LogP contribution < -0.4 is 4.90 Å². The number of rotatable bonds is 5. The molecule has 0 amide bonds. The normalized spacial score (nSPS) is 16.3. The molecule has 4 rings (SSSR count). The van der Waals surface area contributed by atoms with E-state index in [0.717, 1.165) is 49.3 Å². The van der Waals surface area contributed by atoms with Gasteiger partial charge in [-0.2, -0.15) is 4.98 Å². The van der Waals surface area contributed by atoms with E-state index >= 15 is 0 Å². The van der Waals surface area contributed by atoms with Crippen LogP contribution in [0.4, 0.5) is 5.82 Å². The number of aryl methyl sites for hydroxylation is 2. The van der Waals surface area contributed by atoms with Gasteiger partial charge in [-0.25, -0.2) is 9.97 Å². The van der Waals surface area contributed by atoms with Crippen molar-refractivity contribution in [2.45, 2.75) is 33.2 Å². The van der Waals surface area contributed by atoms with Crippen LogP contribution in [-0.2, 0) is 6.42 Å². The van der Waals surface area contributed by atoms with Crippen LogP contribution in [0.2, 0.25) is 0 Å². The van der Waals surface area contributed by atoms with Gasteiger partial charge in [0.25, 0.3) is 0 Å². The number of piperazine rings is 1. The van der Waals surface area contributed by atoms with E-state index in [9.17, 15) is 0 Å². The summed E-state index contributed by atoms with van der Waals surface area (Å²) in [4.78, 5) is 18.3. The highest BCUT2D eigenvalue weighted by Crippen LogP contribution is 2.23. The summed E-state index contributed by atoms with van der Waals surface area (Å²) in [5.74, 6) is 3.26. The van der Waals surface area contributed by atoms with Gasteiger partial charge in [-0.3, -0.25) is 4.90 Å². The minimum Gasteiger partial charge on any atom is -0.354 e. The topological polar surface area (TPSA) is 71.2 Å². The SMILES string of the molecule is Cc1cc(N2CCN([C@H](C)c3nc(Cc4ccccc4)no3)CC2)nc(C)n1. The van der Waals surface area contributed by atoms with Gasteiger partial charge in [0.2, 0.25) is 5.89 Å². The summed E-state index contributed by atoms with van der Waals surface area (Å²) in [6.07, 6.45) is 0.692. The summed E-state index contributed by atoms with van der Waals surface area (Å²) < 4.78 is 5.56. The monoisotopic (exact) mass is 378 g/mol. The summed E-state index contributed by atoms with van der Waals surface area (Å²) >= 11 is 0. The predicted molar refractivity (Wildman–Crippen MR) is 107 cm³/mol. The molecule has 1 atom stereocenters. The van der Waals surface area contributed by atoms with Gasteiger partial charge in [0.05, 0.1) is 6.04 Å². The fourth-order valence-electron chi connectivity index (χ4n) is 3.64. The van der Waals surface area contributed by atoms with Crippen LogP contribution >= 0.6 is 0 Å². The van der Waals surface area contributed by atoms with Crippen molar-refractivity contribution in [3.8, 4) is 0 Å². The zero-order valence-corrected chi connectivity index (χ0v) is 16.7. The van der Waals surface area contributed by atoms with E-state index in [1.165, 1.54) is 5.56 Å². The molecule has 1 fully saturated rings. The molecule has 146 valence electrons. The molecule has 3 aromatic rings. The Bertz CT molecular complexity index is 897. The van der Waals surface area contributed by atoms with Crippen molar-refractivity contribution in [3.63, 3.8) is 0 Å². The zero-order valence-electron chi connectivity index (χ0n) is 16.7. The first kappa shape index (κ1) is 18.6. The smallest absolute Gasteiger partial charge is 0.243 e. The Hall–Kier alpha value is -2.80. The van der Waals surface area contributed by atoms with Crippen molar-refractivity contribution >= 4 is 5.82 Å². The molecular formula is C21H26N6O. The Labute approximate surface area is 165 Å². The maximum absolute atomic E-state index is 5.56. The van der Waals surface area contributed by atoms with Gasteiger partial charge >= 0.3 is 0 Å². The maximum atomic E-state index is 5.56. The van der Waals surface area contributed by atoms with E-state index in [0.29, 0.717) is 12.3 Å². The van der Waals surface area contributed by atoms with Crippen molar-refractivity contribution in [2.24, 2.45) is 0 Å². The molecule has 1 aromatic carbocycles. The number of aromatic nitrogens is 4. The number of hydrogen-bond donors (Lipinski definition) is 0. The van der Waals surface area contributed by atoms with E-state index < -0.39 is 0 Å². The van der Waals surface area contributed by atoms with Crippen LogP contribution in [0.15, 0.2) is 40.9 Å². The molecule has 0 aliphatic carbocycles. The van der Waals surface area contributed by atoms with Gasteiger partial charge < -0.3 is 9.42 Å². The van der Waals surface area contributed by atoms with Crippen molar-refractivity contribution in [1.29, 1.82) is 0 Å². The highest BCUT2D eigenvalue weighted by molar-refractivity contribution is 5.40. The Morgan fingerprint density at radius 2 is 1.75 bits per heavy atom. The van der Waals surface area contributed by atoms with Crippen LogP contribution in [0.5, 0.6) is 0 Å². The summed E-state index contributed by atoms with van der Waals surface area (Å²) in [5, 5.41) is 4.17. The number of nitrogens with zero attached hydrogens (tertiary/aromatic N) is 6. The molecule has 1 saturated heterocycles. The molecule has 7 nitrogen and oxygen atoms in total. The fraction of sp³-hybridized carbons (Fsp3) is 0.429. The van der Waals surface area contributed by atoms with Crippen LogP contribution in [0.1, 0.15) is 41.8 Å². The van der Waals surface area contributed by atoms with E-state index in [1.54, 1.807) is 0 Å². The third-order valence-electron chi connectivity index (χ3n) is 5.18. The highest BCUT2D eigenvalue weighted by Gasteiger charge is 2.26. The van der Waals surface area contributed by atoms with Gasteiger partial charge in [-0.1, -0.05) is 35.5 Å². The quantitative estimate of drug-likeness (QED) is 0.676. The maximum Gasteiger partial charge on any atom is 0.243 e. The van der Waals surface area contributed by atoms with Gasteiger partial charge in [-0.05, 0) is 26.3 Å². The van der Waals surface area contributed by atoms with Crippen LogP contribution in [-0.4, -0.2) is 51.2 Å². The molecule has 1 aliphatic rings. The Morgan fingerprint density at radius 3 is 2.46 bits per heavy atom. The first-order valence-corrected chi connectivity index (χ1v) is 9.76. The average molecular weight is 378 g/mol. The molecule has 1 aliphatic heterocycles. The fourth-order valence-corrected chi connectivity index (χ4v) is 3.64. The Balaban J connectivity index is 1.37. The Morgan fingerprint density at radius 1 is 1.00 bits per heavy atom. The first-order chi connectivity index (χ1) is 13.6. The lowest BCUT2D eigenvalue weighted by molar-refractivity contribution is 0.164. The second-order valence-electron chi connectivity index (χ2n) is 7.32. The Kier molecular flexibility index (Phi) is 5.34. The van der Waals surface area contributed by atoms with Gasteiger partial charge in [0.1, 0.15) is 11.6 Å². The van der Waals surface area contributed by atoms with E-state index in [2.05, 4.69) is 55.0 Å². The number of anilines is 1. The molecule has 28 heavy (non-hydrogen) atoms. The van der Waals surface area contributed by atoms with Crippen LogP contribution in [0.3, 0.4) is 0 Å². The second-order valence-corrected chi connectivity index (χ2v) is 7.32. The van der Waals surface area contributed by atoms with Crippen LogP contribution in [0, 0.1) is 13.8 Å². The molecule has 0 spiro atoms. The molecule has 7 heteroatoms. The van der Waals surface area contributed by atoms with Crippen molar-refractivity contribution < 1.29 is 4.52 Å². The molecule has 0 unspecified atom stereocenters. The summed E-state index contributed by atoms with van der Waals surface area (Å²) in [5.41, 5.74) is 2.20. The average Bonchev–Trinajstić information content (AvgIpc) is 3.16. The van der Waals surface area contributed by atoms with Gasteiger partial charge in [-0.15, -0.1) is 0 Å². The third kappa shape index (κ3) is 4.20. The molecule has 3 heterocycles. The molecule has 2 aromatic heterocycles. The summed E-state index contributed by atoms with van der Waals surface area (Å²) in [6.45, 7) is 9.79. The van der Waals surface area contributed by atoms with Crippen molar-refractivity contribution in [1.82, 2.24) is 25.0 Å². The van der Waals surface area contributed by atoms with E-state index in [4.69, 9.17) is 4.52 Å². The second kappa shape index (κ2) is 8.06. The number of benzene rings is 1. The molecule has 0 N–H and O–H groups in total. The first-order valence-electron chi connectivity index (χ1n) is 9.76. The van der Waals surface area contributed by atoms with Crippen molar-refractivity contribution in [2.75, 3.05) is 31.1 Å². The van der Waals surface area contributed by atoms with Gasteiger partial charge in [0.15, 0.2) is 5.82 Å². The van der Waals surface area contributed by atoms with E-state index in [-0.39, 0.29) is 6.04 Å². The van der Waals surface area contributed by atoms with Crippen LogP contribution in [0.25, 0.3) is 0 Å². The molecule has 0 saturated carbocycles. The lowest BCUT2D eigenvalue weighted by atomic mass is 10.1. The third-order valence-corrected chi connectivity index (χ3v) is 5.18. The molecule has 0 bridgehead atoms. The standard InChI is InChI=1S/C21H26N6O/c1-15-13-20(23-17(3)22-15)27-11-9-26(10-12-27)16(2)21-24-19(25-28-21)14-18-7-5-4-6-8-18/h4-8,13,16H,9-12,14H2,1-3H3/t16-/m1/s1. The zero-order chi connectivity index (χ0) is 19.5.